The summed E-state index contributed by atoms with van der Waals surface area (Å²) < 4.78 is 5.12. The fourth-order valence-corrected chi connectivity index (χ4v) is 1.49. The third kappa shape index (κ3) is 2.28. The summed E-state index contributed by atoms with van der Waals surface area (Å²) in [6, 6.07) is 7.36. The molecule has 0 radical (unpaired) electrons. The molecule has 2 rings (SSSR count). The van der Waals surface area contributed by atoms with Crippen LogP contribution in [-0.2, 0) is 0 Å². The van der Waals surface area contributed by atoms with E-state index in [1.807, 2.05) is 24.3 Å². The molecule has 0 saturated heterocycles. The molecule has 17 heavy (non-hydrogen) atoms. The quantitative estimate of drug-likeness (QED) is 0.839. The van der Waals surface area contributed by atoms with Crippen LogP contribution >= 0.6 is 0 Å². The number of hydrogen-bond acceptors (Lipinski definition) is 4. The molecule has 0 amide bonds. The molecule has 0 bridgehead atoms. The van der Waals surface area contributed by atoms with Gasteiger partial charge in [0.2, 0.25) is 0 Å². The summed E-state index contributed by atoms with van der Waals surface area (Å²) in [5, 5.41) is 2.77. The number of benzene rings is 1. The molecule has 5 nitrogen and oxygen atoms in total. The zero-order chi connectivity index (χ0) is 12.3. The maximum atomic E-state index is 11.6. The van der Waals surface area contributed by atoms with Gasteiger partial charge in [0.05, 0.1) is 13.3 Å². The highest BCUT2D eigenvalue weighted by Crippen LogP contribution is 2.19. The van der Waals surface area contributed by atoms with Crippen molar-refractivity contribution in [1.29, 1.82) is 0 Å². The van der Waals surface area contributed by atoms with Crippen molar-refractivity contribution in [2.24, 2.45) is 0 Å². The number of nitrogens with zero attached hydrogens (tertiary/aromatic N) is 1. The van der Waals surface area contributed by atoms with Crippen LogP contribution in [0.5, 0.6) is 5.75 Å². The van der Waals surface area contributed by atoms with E-state index in [4.69, 9.17) is 4.74 Å². The van der Waals surface area contributed by atoms with Crippen LogP contribution in [0.15, 0.2) is 35.3 Å². The van der Waals surface area contributed by atoms with Crippen molar-refractivity contribution in [3.05, 3.63) is 40.8 Å². The first-order valence-electron chi connectivity index (χ1n) is 5.16. The van der Waals surface area contributed by atoms with Crippen molar-refractivity contribution in [2.75, 3.05) is 19.5 Å². The lowest BCUT2D eigenvalue weighted by atomic mass is 10.2. The Labute approximate surface area is 98.5 Å². The lowest BCUT2D eigenvalue weighted by Gasteiger charge is -2.04. The molecular formula is C12H13N3O2. The number of methoxy groups -OCH3 is 1. The maximum absolute atomic E-state index is 11.6. The molecular weight excluding hydrogens is 218 g/mol. The summed E-state index contributed by atoms with van der Waals surface area (Å²) in [6.45, 7) is 0. The second-order valence-corrected chi connectivity index (χ2v) is 3.46. The van der Waals surface area contributed by atoms with Crippen LogP contribution in [0.3, 0.4) is 0 Å². The number of aromatic amines is 1. The fraction of sp³-hybridized carbons (Fsp3) is 0.167. The van der Waals surface area contributed by atoms with E-state index >= 15 is 0 Å². The van der Waals surface area contributed by atoms with Gasteiger partial charge in [0.15, 0.2) is 0 Å². The number of rotatable bonds is 3. The number of anilines is 1. The van der Waals surface area contributed by atoms with Gasteiger partial charge in [-0.25, -0.2) is 4.98 Å². The Balaban J connectivity index is 2.46. The molecule has 0 atom stereocenters. The first-order valence-corrected chi connectivity index (χ1v) is 5.16. The highest BCUT2D eigenvalue weighted by molar-refractivity contribution is 5.58. The van der Waals surface area contributed by atoms with E-state index in [0.29, 0.717) is 11.5 Å². The van der Waals surface area contributed by atoms with Crippen LogP contribution in [0, 0.1) is 0 Å². The van der Waals surface area contributed by atoms with Gasteiger partial charge in [0, 0.05) is 12.6 Å². The molecule has 88 valence electrons. The smallest absolute Gasteiger partial charge is 0.274 e. The number of ether oxygens (including phenoxy) is 1. The Bertz CT molecular complexity index is 578. The molecule has 0 spiro atoms. The molecule has 1 aromatic heterocycles. The van der Waals surface area contributed by atoms with Gasteiger partial charge in [-0.3, -0.25) is 4.79 Å². The first kappa shape index (κ1) is 11.2. The average molecular weight is 231 g/mol. The predicted molar refractivity (Wildman–Crippen MR) is 66.4 cm³/mol. The number of nitrogens with one attached hydrogen (secondary N) is 2. The van der Waals surface area contributed by atoms with Crippen molar-refractivity contribution < 1.29 is 4.74 Å². The average Bonchev–Trinajstić information content (AvgIpc) is 2.38. The van der Waals surface area contributed by atoms with Crippen molar-refractivity contribution in [1.82, 2.24) is 9.97 Å². The molecule has 0 unspecified atom stereocenters. The highest BCUT2D eigenvalue weighted by atomic mass is 16.5. The number of hydrogen-bond donors (Lipinski definition) is 2. The molecule has 1 heterocycles. The lowest BCUT2D eigenvalue weighted by molar-refractivity contribution is 0.415. The highest BCUT2D eigenvalue weighted by Gasteiger charge is 2.04. The van der Waals surface area contributed by atoms with E-state index in [2.05, 4.69) is 15.3 Å². The molecule has 0 saturated carbocycles. The van der Waals surface area contributed by atoms with Gasteiger partial charge in [0.25, 0.3) is 5.56 Å². The molecule has 0 fully saturated rings. The minimum atomic E-state index is -0.194. The normalized spacial score (nSPS) is 10.0. The summed E-state index contributed by atoms with van der Waals surface area (Å²) in [5.74, 6) is 1.25. The Morgan fingerprint density at radius 3 is 2.88 bits per heavy atom. The second-order valence-electron chi connectivity index (χ2n) is 3.46. The monoisotopic (exact) mass is 231 g/mol. The molecule has 2 aromatic rings. The van der Waals surface area contributed by atoms with E-state index in [9.17, 15) is 4.79 Å². The minimum Gasteiger partial charge on any atom is -0.497 e. The standard InChI is InChI=1S/C12H13N3O2/c1-13-10-7-14-11(15-12(10)16)8-4-3-5-9(6-8)17-2/h3-7,13H,1-2H3,(H,14,15,16). The summed E-state index contributed by atoms with van der Waals surface area (Å²) in [6.07, 6.45) is 1.51. The van der Waals surface area contributed by atoms with E-state index in [-0.39, 0.29) is 5.56 Å². The Morgan fingerprint density at radius 1 is 1.41 bits per heavy atom. The molecule has 0 aliphatic heterocycles. The second kappa shape index (κ2) is 4.69. The first-order chi connectivity index (χ1) is 8.24. The van der Waals surface area contributed by atoms with E-state index in [0.717, 1.165) is 11.3 Å². The van der Waals surface area contributed by atoms with Gasteiger partial charge in [-0.1, -0.05) is 12.1 Å². The fourth-order valence-electron chi connectivity index (χ4n) is 1.49. The van der Waals surface area contributed by atoms with Crippen LogP contribution in [0.1, 0.15) is 0 Å². The third-order valence-corrected chi connectivity index (χ3v) is 2.41. The van der Waals surface area contributed by atoms with Crippen molar-refractivity contribution in [3.63, 3.8) is 0 Å². The van der Waals surface area contributed by atoms with Crippen LogP contribution in [0.25, 0.3) is 11.4 Å². The van der Waals surface area contributed by atoms with Gasteiger partial charge in [0.1, 0.15) is 17.3 Å². The van der Waals surface area contributed by atoms with Crippen molar-refractivity contribution in [2.45, 2.75) is 0 Å². The van der Waals surface area contributed by atoms with Crippen LogP contribution in [-0.4, -0.2) is 24.1 Å². The summed E-state index contributed by atoms with van der Waals surface area (Å²) >= 11 is 0. The van der Waals surface area contributed by atoms with E-state index in [1.165, 1.54) is 6.20 Å². The Hall–Kier alpha value is -2.30. The van der Waals surface area contributed by atoms with Gasteiger partial charge in [-0.2, -0.15) is 0 Å². The van der Waals surface area contributed by atoms with Gasteiger partial charge < -0.3 is 15.0 Å². The number of H-pyrrole nitrogens is 1. The Kier molecular flexibility index (Phi) is 3.09. The molecule has 0 aliphatic carbocycles. The number of aromatic nitrogens is 2. The zero-order valence-corrected chi connectivity index (χ0v) is 9.65. The third-order valence-electron chi connectivity index (χ3n) is 2.41. The molecule has 2 N–H and O–H groups in total. The molecule has 5 heteroatoms. The summed E-state index contributed by atoms with van der Waals surface area (Å²) in [5.41, 5.74) is 1.06. The molecule has 1 aromatic carbocycles. The minimum absolute atomic E-state index is 0.194. The van der Waals surface area contributed by atoms with Gasteiger partial charge in [-0.15, -0.1) is 0 Å². The largest absolute Gasteiger partial charge is 0.497 e. The van der Waals surface area contributed by atoms with Gasteiger partial charge in [-0.05, 0) is 12.1 Å². The van der Waals surface area contributed by atoms with Crippen LogP contribution in [0.2, 0.25) is 0 Å². The Morgan fingerprint density at radius 2 is 2.24 bits per heavy atom. The topological polar surface area (TPSA) is 67.0 Å². The zero-order valence-electron chi connectivity index (χ0n) is 9.65. The predicted octanol–water partition coefficient (Wildman–Crippen LogP) is 1.49. The van der Waals surface area contributed by atoms with E-state index < -0.39 is 0 Å². The van der Waals surface area contributed by atoms with Crippen molar-refractivity contribution >= 4 is 5.69 Å². The molecule has 0 aliphatic rings. The maximum Gasteiger partial charge on any atom is 0.274 e. The van der Waals surface area contributed by atoms with Crippen LogP contribution in [0.4, 0.5) is 5.69 Å². The lowest BCUT2D eigenvalue weighted by Crippen LogP contribution is -2.13. The van der Waals surface area contributed by atoms with E-state index in [1.54, 1.807) is 14.2 Å². The SMILES string of the molecule is CNc1cnc(-c2cccc(OC)c2)[nH]c1=O. The summed E-state index contributed by atoms with van der Waals surface area (Å²) in [4.78, 5) is 18.5. The van der Waals surface area contributed by atoms with Crippen molar-refractivity contribution in [3.8, 4) is 17.1 Å². The summed E-state index contributed by atoms with van der Waals surface area (Å²) in [7, 11) is 3.27. The van der Waals surface area contributed by atoms with Crippen LogP contribution < -0.4 is 15.6 Å². The van der Waals surface area contributed by atoms with Gasteiger partial charge >= 0.3 is 0 Å².